The quantitative estimate of drug-likeness (QED) is 0.901. The fourth-order valence-electron chi connectivity index (χ4n) is 3.34. The first-order chi connectivity index (χ1) is 11.7. The van der Waals surface area contributed by atoms with Crippen molar-refractivity contribution in [2.75, 3.05) is 12.9 Å². The maximum Gasteiger partial charge on any atom is 0.161 e. The van der Waals surface area contributed by atoms with Gasteiger partial charge in [-0.2, -0.15) is 5.26 Å². The second-order valence-electron chi connectivity index (χ2n) is 5.79. The number of allylic oxidation sites excluding steroid dienone is 3. The summed E-state index contributed by atoms with van der Waals surface area (Å²) < 4.78 is 5.50. The summed E-state index contributed by atoms with van der Waals surface area (Å²) in [5.41, 5.74) is 3.33. The molecule has 1 heterocycles. The van der Waals surface area contributed by atoms with Crippen LogP contribution in [0.4, 0.5) is 0 Å². The standard InChI is InChI=1S/C19H20N2O2S/c1-3-23-13-9-7-12(8-10-13)17-14(11-20)19(24-2)21-15-5-4-6-16(22)18(15)17/h7-10,17,21H,3-6H2,1-2H3/t17-/m0/s1. The largest absolute Gasteiger partial charge is 0.494 e. The molecular formula is C19H20N2O2S. The molecule has 0 spiro atoms. The Hall–Kier alpha value is -2.19. The number of ketones is 1. The summed E-state index contributed by atoms with van der Waals surface area (Å²) in [4.78, 5) is 12.6. The average Bonchev–Trinajstić information content (AvgIpc) is 2.61. The number of hydrogen-bond acceptors (Lipinski definition) is 5. The zero-order valence-electron chi connectivity index (χ0n) is 13.9. The lowest BCUT2D eigenvalue weighted by Crippen LogP contribution is -2.31. The van der Waals surface area contributed by atoms with Gasteiger partial charge in [0.1, 0.15) is 5.75 Å². The van der Waals surface area contributed by atoms with Gasteiger partial charge < -0.3 is 10.1 Å². The van der Waals surface area contributed by atoms with Crippen molar-refractivity contribution in [1.82, 2.24) is 5.32 Å². The average molecular weight is 340 g/mol. The summed E-state index contributed by atoms with van der Waals surface area (Å²) in [7, 11) is 0. The van der Waals surface area contributed by atoms with E-state index in [0.29, 0.717) is 18.6 Å². The van der Waals surface area contributed by atoms with Gasteiger partial charge in [0.15, 0.2) is 5.78 Å². The minimum atomic E-state index is -0.280. The van der Waals surface area contributed by atoms with Crippen LogP contribution in [-0.2, 0) is 4.79 Å². The van der Waals surface area contributed by atoms with Crippen LogP contribution in [0.1, 0.15) is 37.7 Å². The van der Waals surface area contributed by atoms with Crippen molar-refractivity contribution in [2.24, 2.45) is 0 Å². The molecular weight excluding hydrogens is 320 g/mol. The molecule has 1 N–H and O–H groups in total. The fourth-order valence-corrected chi connectivity index (χ4v) is 3.95. The lowest BCUT2D eigenvalue weighted by atomic mass is 9.77. The third-order valence-electron chi connectivity index (χ3n) is 4.39. The van der Waals surface area contributed by atoms with Crippen molar-refractivity contribution in [1.29, 1.82) is 5.26 Å². The number of benzene rings is 1. The summed E-state index contributed by atoms with van der Waals surface area (Å²) in [5.74, 6) is 0.666. The molecule has 124 valence electrons. The van der Waals surface area contributed by atoms with E-state index < -0.39 is 0 Å². The Bertz CT molecular complexity index is 757. The van der Waals surface area contributed by atoms with Crippen LogP contribution in [0.5, 0.6) is 5.75 Å². The molecule has 0 bridgehead atoms. The Kier molecular flexibility index (Phi) is 4.96. The van der Waals surface area contributed by atoms with Gasteiger partial charge in [-0.3, -0.25) is 4.79 Å². The lowest BCUT2D eigenvalue weighted by Gasteiger charge is -2.33. The summed E-state index contributed by atoms with van der Waals surface area (Å²) in [6.45, 7) is 2.56. The van der Waals surface area contributed by atoms with E-state index >= 15 is 0 Å². The molecule has 5 heteroatoms. The van der Waals surface area contributed by atoms with Gasteiger partial charge in [0, 0.05) is 17.7 Å². The van der Waals surface area contributed by atoms with E-state index in [4.69, 9.17) is 4.74 Å². The van der Waals surface area contributed by atoms with E-state index in [2.05, 4.69) is 11.4 Å². The number of nitrogens with zero attached hydrogens (tertiary/aromatic N) is 1. The van der Waals surface area contributed by atoms with E-state index in [-0.39, 0.29) is 11.7 Å². The highest BCUT2D eigenvalue weighted by Crippen LogP contribution is 2.43. The van der Waals surface area contributed by atoms with Crippen LogP contribution < -0.4 is 10.1 Å². The molecule has 0 amide bonds. The van der Waals surface area contributed by atoms with Crippen LogP contribution in [0.3, 0.4) is 0 Å². The second kappa shape index (κ2) is 7.14. The van der Waals surface area contributed by atoms with Crippen LogP contribution in [-0.4, -0.2) is 18.6 Å². The van der Waals surface area contributed by atoms with Gasteiger partial charge in [-0.05, 0) is 43.7 Å². The third kappa shape index (κ3) is 2.94. The molecule has 0 saturated carbocycles. The number of thioether (sulfide) groups is 1. The number of ether oxygens (including phenoxy) is 1. The van der Waals surface area contributed by atoms with E-state index in [9.17, 15) is 10.1 Å². The number of hydrogen-bond donors (Lipinski definition) is 1. The zero-order chi connectivity index (χ0) is 17.1. The number of carbonyl (C=O) groups excluding carboxylic acids is 1. The van der Waals surface area contributed by atoms with Crippen molar-refractivity contribution in [3.63, 3.8) is 0 Å². The van der Waals surface area contributed by atoms with Gasteiger partial charge in [-0.15, -0.1) is 11.8 Å². The Labute approximate surface area is 146 Å². The molecule has 4 nitrogen and oxygen atoms in total. The van der Waals surface area contributed by atoms with Crippen molar-refractivity contribution in [3.8, 4) is 11.8 Å². The number of nitrogens with one attached hydrogen (secondary N) is 1. The Morgan fingerprint density at radius 2 is 2.08 bits per heavy atom. The first-order valence-electron chi connectivity index (χ1n) is 8.13. The predicted molar refractivity (Wildman–Crippen MR) is 95.5 cm³/mol. The molecule has 24 heavy (non-hydrogen) atoms. The highest BCUT2D eigenvalue weighted by Gasteiger charge is 2.36. The highest BCUT2D eigenvalue weighted by molar-refractivity contribution is 8.02. The highest BCUT2D eigenvalue weighted by atomic mass is 32.2. The molecule has 0 aromatic heterocycles. The molecule has 1 aliphatic heterocycles. The summed E-state index contributed by atoms with van der Waals surface area (Å²) in [6, 6.07) is 10.1. The topological polar surface area (TPSA) is 62.1 Å². The third-order valence-corrected chi connectivity index (χ3v) is 5.12. The molecule has 0 saturated heterocycles. The fraction of sp³-hybridized carbons (Fsp3) is 0.368. The minimum Gasteiger partial charge on any atom is -0.494 e. The van der Waals surface area contributed by atoms with Gasteiger partial charge in [0.05, 0.1) is 29.2 Å². The molecule has 0 fully saturated rings. The Morgan fingerprint density at radius 3 is 2.71 bits per heavy atom. The minimum absolute atomic E-state index is 0.149. The SMILES string of the molecule is CCOc1ccc([C@H]2C(C#N)=C(SC)NC3=C2C(=O)CCC3)cc1. The molecule has 3 rings (SSSR count). The normalized spacial score (nSPS) is 20.4. The van der Waals surface area contributed by atoms with Crippen LogP contribution in [0, 0.1) is 11.3 Å². The molecule has 1 atom stereocenters. The first kappa shape index (κ1) is 16.7. The monoisotopic (exact) mass is 340 g/mol. The van der Waals surface area contributed by atoms with Crippen LogP contribution in [0.25, 0.3) is 0 Å². The van der Waals surface area contributed by atoms with Gasteiger partial charge in [-0.1, -0.05) is 12.1 Å². The van der Waals surface area contributed by atoms with Gasteiger partial charge in [0.2, 0.25) is 0 Å². The molecule has 1 aromatic carbocycles. The molecule has 1 aliphatic carbocycles. The maximum absolute atomic E-state index is 12.6. The Morgan fingerprint density at radius 1 is 1.33 bits per heavy atom. The number of dihydropyridines is 1. The van der Waals surface area contributed by atoms with Crippen molar-refractivity contribution in [3.05, 3.63) is 51.7 Å². The summed E-state index contributed by atoms with van der Waals surface area (Å²) in [5, 5.41) is 13.9. The van der Waals surface area contributed by atoms with Crippen LogP contribution >= 0.6 is 11.8 Å². The van der Waals surface area contributed by atoms with Crippen LogP contribution in [0.15, 0.2) is 46.1 Å². The number of carbonyl (C=O) groups is 1. The maximum atomic E-state index is 12.6. The van der Waals surface area contributed by atoms with Crippen molar-refractivity contribution in [2.45, 2.75) is 32.1 Å². The molecule has 0 unspecified atom stereocenters. The van der Waals surface area contributed by atoms with Gasteiger partial charge in [0.25, 0.3) is 0 Å². The molecule has 2 aliphatic rings. The van der Waals surface area contributed by atoms with Crippen LogP contribution in [0.2, 0.25) is 0 Å². The van der Waals surface area contributed by atoms with Crippen molar-refractivity contribution < 1.29 is 9.53 Å². The van der Waals surface area contributed by atoms with E-state index in [1.54, 1.807) is 0 Å². The summed E-state index contributed by atoms with van der Waals surface area (Å²) >= 11 is 1.52. The number of Topliss-reactive ketones (excluding diaryl/α,β-unsaturated/α-hetero) is 1. The first-order valence-corrected chi connectivity index (χ1v) is 9.36. The van der Waals surface area contributed by atoms with Gasteiger partial charge >= 0.3 is 0 Å². The molecule has 1 aromatic rings. The second-order valence-corrected chi connectivity index (χ2v) is 6.60. The van der Waals surface area contributed by atoms with Gasteiger partial charge in [-0.25, -0.2) is 0 Å². The van der Waals surface area contributed by atoms with E-state index in [1.807, 2.05) is 37.4 Å². The number of nitriles is 1. The smallest absolute Gasteiger partial charge is 0.161 e. The summed E-state index contributed by atoms with van der Waals surface area (Å²) in [6.07, 6.45) is 4.23. The van der Waals surface area contributed by atoms with E-state index in [0.717, 1.165) is 40.5 Å². The predicted octanol–water partition coefficient (Wildman–Crippen LogP) is 3.88. The van der Waals surface area contributed by atoms with Crippen molar-refractivity contribution >= 4 is 17.5 Å². The molecule has 0 radical (unpaired) electrons. The van der Waals surface area contributed by atoms with E-state index in [1.165, 1.54) is 11.8 Å². The lowest BCUT2D eigenvalue weighted by molar-refractivity contribution is -0.116. The Balaban J connectivity index is 2.09. The number of rotatable bonds is 4. The zero-order valence-corrected chi connectivity index (χ0v) is 14.7.